The molecule has 1 amide bonds. The van der Waals surface area contributed by atoms with Gasteiger partial charge in [-0.2, -0.15) is 0 Å². The van der Waals surface area contributed by atoms with Gasteiger partial charge in [0, 0.05) is 16.3 Å². The summed E-state index contributed by atoms with van der Waals surface area (Å²) >= 11 is 7.46. The highest BCUT2D eigenvalue weighted by molar-refractivity contribution is 7.18. The number of nitrogens with two attached hydrogens (primary N) is 1. The van der Waals surface area contributed by atoms with E-state index in [9.17, 15) is 4.79 Å². The van der Waals surface area contributed by atoms with Crippen LogP contribution >= 0.6 is 22.9 Å². The lowest BCUT2D eigenvalue weighted by atomic mass is 10.2. The second-order valence-corrected chi connectivity index (χ2v) is 6.08. The molecule has 0 bridgehead atoms. The summed E-state index contributed by atoms with van der Waals surface area (Å²) in [4.78, 5) is 16.6. The van der Waals surface area contributed by atoms with Crippen LogP contribution in [0.25, 0.3) is 10.2 Å². The number of benzene rings is 2. The predicted octanol–water partition coefficient (Wildman–Crippen LogP) is 3.46. The minimum Gasteiger partial charge on any atom is -0.399 e. The van der Waals surface area contributed by atoms with Gasteiger partial charge in [0.25, 0.3) is 5.91 Å². The average Bonchev–Trinajstić information content (AvgIpc) is 2.86. The third-order valence-electron chi connectivity index (χ3n) is 2.92. The van der Waals surface area contributed by atoms with Crippen LogP contribution in [0, 0.1) is 0 Å². The third-order valence-corrected chi connectivity index (χ3v) is 4.18. The van der Waals surface area contributed by atoms with Crippen LogP contribution in [-0.4, -0.2) is 10.9 Å². The smallest absolute Gasteiger partial charge is 0.251 e. The Morgan fingerprint density at radius 1 is 1.29 bits per heavy atom. The van der Waals surface area contributed by atoms with Gasteiger partial charge < -0.3 is 11.1 Å². The molecule has 106 valence electrons. The fourth-order valence-electron chi connectivity index (χ4n) is 2.00. The molecule has 4 nitrogen and oxygen atoms in total. The van der Waals surface area contributed by atoms with Gasteiger partial charge in [-0.15, -0.1) is 11.3 Å². The molecule has 1 heterocycles. The maximum absolute atomic E-state index is 12.1. The Morgan fingerprint density at radius 2 is 2.10 bits per heavy atom. The van der Waals surface area contributed by atoms with Crippen molar-refractivity contribution >= 4 is 44.7 Å². The van der Waals surface area contributed by atoms with Crippen molar-refractivity contribution < 1.29 is 4.79 Å². The molecule has 0 radical (unpaired) electrons. The second kappa shape index (κ2) is 5.71. The van der Waals surface area contributed by atoms with Gasteiger partial charge in [-0.3, -0.25) is 4.79 Å². The van der Waals surface area contributed by atoms with E-state index in [1.807, 2.05) is 24.3 Å². The van der Waals surface area contributed by atoms with Crippen molar-refractivity contribution in [2.75, 3.05) is 5.73 Å². The lowest BCUT2D eigenvalue weighted by Gasteiger charge is -2.04. The number of halogens is 1. The number of carbonyl (C=O) groups excluding carboxylic acids is 1. The number of aromatic nitrogens is 1. The molecule has 0 aliphatic rings. The number of thiazole rings is 1. The molecule has 6 heteroatoms. The molecule has 0 atom stereocenters. The zero-order chi connectivity index (χ0) is 14.8. The molecule has 0 aliphatic carbocycles. The summed E-state index contributed by atoms with van der Waals surface area (Å²) in [5.74, 6) is -0.219. The van der Waals surface area contributed by atoms with Crippen LogP contribution < -0.4 is 11.1 Å². The summed E-state index contributed by atoms with van der Waals surface area (Å²) in [5, 5.41) is 4.13. The Labute approximate surface area is 130 Å². The number of nitrogens with one attached hydrogen (secondary N) is 1. The Balaban J connectivity index is 1.73. The summed E-state index contributed by atoms with van der Waals surface area (Å²) < 4.78 is 1.11. The predicted molar refractivity (Wildman–Crippen MR) is 86.7 cm³/mol. The number of nitrogens with zero attached hydrogens (tertiary/aromatic N) is 1. The Bertz CT molecular complexity index is 762. The van der Waals surface area contributed by atoms with Gasteiger partial charge in [0.05, 0.1) is 16.8 Å². The van der Waals surface area contributed by atoms with E-state index in [4.69, 9.17) is 17.3 Å². The maximum atomic E-state index is 12.1. The van der Waals surface area contributed by atoms with E-state index in [0.29, 0.717) is 22.8 Å². The van der Waals surface area contributed by atoms with Crippen molar-refractivity contribution in [1.82, 2.24) is 10.3 Å². The number of anilines is 1. The largest absolute Gasteiger partial charge is 0.399 e. The number of fused-ring (bicyclic) bond motifs is 1. The first kappa shape index (κ1) is 13.9. The number of carbonyl (C=O) groups is 1. The molecule has 1 aromatic heterocycles. The quantitative estimate of drug-likeness (QED) is 0.727. The lowest BCUT2D eigenvalue weighted by Crippen LogP contribution is -2.22. The van der Waals surface area contributed by atoms with Crippen LogP contribution in [0.1, 0.15) is 15.4 Å². The number of hydrogen-bond acceptors (Lipinski definition) is 4. The lowest BCUT2D eigenvalue weighted by molar-refractivity contribution is 0.0951. The van der Waals surface area contributed by atoms with Gasteiger partial charge in [0.1, 0.15) is 5.01 Å². The first-order chi connectivity index (χ1) is 10.1. The third kappa shape index (κ3) is 3.15. The molecular formula is C15H12ClN3OS. The van der Waals surface area contributed by atoms with Crippen LogP contribution in [0.5, 0.6) is 0 Å². The number of nitrogen functional groups attached to an aromatic ring is 1. The van der Waals surface area contributed by atoms with Crippen LogP contribution in [0.3, 0.4) is 0 Å². The monoisotopic (exact) mass is 317 g/mol. The SMILES string of the molecule is Nc1cc(Cl)cc(C(=O)NCc2nc3ccccc3s2)c1. The van der Waals surface area contributed by atoms with Crippen LogP contribution in [0.4, 0.5) is 5.69 Å². The molecule has 3 aromatic rings. The average molecular weight is 318 g/mol. The molecule has 3 rings (SSSR count). The summed E-state index contributed by atoms with van der Waals surface area (Å²) in [6.07, 6.45) is 0. The molecular weight excluding hydrogens is 306 g/mol. The summed E-state index contributed by atoms with van der Waals surface area (Å²) in [6.45, 7) is 0.380. The summed E-state index contributed by atoms with van der Waals surface area (Å²) in [6, 6.07) is 12.7. The molecule has 0 spiro atoms. The summed E-state index contributed by atoms with van der Waals surface area (Å²) in [7, 11) is 0. The van der Waals surface area contributed by atoms with Crippen molar-refractivity contribution in [2.24, 2.45) is 0 Å². The van der Waals surface area contributed by atoms with E-state index in [-0.39, 0.29) is 5.91 Å². The van der Waals surface area contributed by atoms with Gasteiger partial charge in [-0.25, -0.2) is 4.98 Å². The minimum atomic E-state index is -0.219. The van der Waals surface area contributed by atoms with Crippen molar-refractivity contribution in [3.8, 4) is 0 Å². The van der Waals surface area contributed by atoms with E-state index in [1.165, 1.54) is 0 Å². The van der Waals surface area contributed by atoms with Crippen LogP contribution in [-0.2, 0) is 6.54 Å². The van der Waals surface area contributed by atoms with Gasteiger partial charge in [0.2, 0.25) is 0 Å². The highest BCUT2D eigenvalue weighted by Crippen LogP contribution is 2.21. The molecule has 0 unspecified atom stereocenters. The Kier molecular flexibility index (Phi) is 3.77. The highest BCUT2D eigenvalue weighted by Gasteiger charge is 2.09. The molecule has 21 heavy (non-hydrogen) atoms. The Hall–Kier alpha value is -2.11. The number of rotatable bonds is 3. The van der Waals surface area contributed by atoms with Gasteiger partial charge >= 0.3 is 0 Å². The minimum absolute atomic E-state index is 0.219. The normalized spacial score (nSPS) is 10.7. The molecule has 3 N–H and O–H groups in total. The first-order valence-electron chi connectivity index (χ1n) is 6.30. The van der Waals surface area contributed by atoms with Crippen molar-refractivity contribution in [2.45, 2.75) is 6.54 Å². The van der Waals surface area contributed by atoms with Crippen molar-refractivity contribution in [3.05, 3.63) is 58.1 Å². The molecule has 0 saturated carbocycles. The van der Waals surface area contributed by atoms with E-state index >= 15 is 0 Å². The fraction of sp³-hybridized carbons (Fsp3) is 0.0667. The maximum Gasteiger partial charge on any atom is 0.251 e. The first-order valence-corrected chi connectivity index (χ1v) is 7.50. The molecule has 0 saturated heterocycles. The zero-order valence-electron chi connectivity index (χ0n) is 11.0. The van der Waals surface area contributed by atoms with E-state index < -0.39 is 0 Å². The number of amides is 1. The zero-order valence-corrected chi connectivity index (χ0v) is 12.5. The standard InChI is InChI=1S/C15H12ClN3OS/c16-10-5-9(6-11(17)7-10)15(20)18-8-14-19-12-3-1-2-4-13(12)21-14/h1-7H,8,17H2,(H,18,20). The van der Waals surface area contributed by atoms with Crippen molar-refractivity contribution in [3.63, 3.8) is 0 Å². The van der Waals surface area contributed by atoms with Gasteiger partial charge in [-0.1, -0.05) is 23.7 Å². The fourth-order valence-corrected chi connectivity index (χ4v) is 3.15. The van der Waals surface area contributed by atoms with E-state index in [1.54, 1.807) is 29.5 Å². The summed E-state index contributed by atoms with van der Waals surface area (Å²) in [5.41, 5.74) is 7.53. The van der Waals surface area contributed by atoms with Gasteiger partial charge in [-0.05, 0) is 30.3 Å². The molecule has 2 aromatic carbocycles. The molecule has 0 fully saturated rings. The van der Waals surface area contributed by atoms with Crippen LogP contribution in [0.15, 0.2) is 42.5 Å². The van der Waals surface area contributed by atoms with E-state index in [0.717, 1.165) is 15.2 Å². The van der Waals surface area contributed by atoms with Gasteiger partial charge in [0.15, 0.2) is 0 Å². The number of hydrogen-bond donors (Lipinski definition) is 2. The molecule has 0 aliphatic heterocycles. The van der Waals surface area contributed by atoms with E-state index in [2.05, 4.69) is 10.3 Å². The second-order valence-electron chi connectivity index (χ2n) is 4.53. The van der Waals surface area contributed by atoms with Crippen molar-refractivity contribution in [1.29, 1.82) is 0 Å². The topological polar surface area (TPSA) is 68.0 Å². The highest BCUT2D eigenvalue weighted by atomic mass is 35.5. The van der Waals surface area contributed by atoms with Crippen LogP contribution in [0.2, 0.25) is 5.02 Å². The Morgan fingerprint density at radius 3 is 2.86 bits per heavy atom. The number of para-hydroxylation sites is 1.